The van der Waals surface area contributed by atoms with E-state index in [0.717, 1.165) is 19.5 Å². The summed E-state index contributed by atoms with van der Waals surface area (Å²) in [5.74, 6) is 0. The summed E-state index contributed by atoms with van der Waals surface area (Å²) in [5.41, 5.74) is 1.21. The molecule has 0 aliphatic rings. The topological polar surface area (TPSA) is 24.9 Å². The zero-order chi connectivity index (χ0) is 8.10. The van der Waals surface area contributed by atoms with Crippen molar-refractivity contribution in [1.82, 2.24) is 10.3 Å². The highest BCUT2D eigenvalue weighted by Crippen LogP contribution is 2.09. The molecule has 0 saturated heterocycles. The lowest BCUT2D eigenvalue weighted by Gasteiger charge is -1.94. The van der Waals surface area contributed by atoms with Crippen LogP contribution in [0.1, 0.15) is 24.5 Å². The molecule has 1 rings (SSSR count). The average Bonchev–Trinajstić information content (AvgIpc) is 2.48. The Kier molecular flexibility index (Phi) is 3.52. The van der Waals surface area contributed by atoms with E-state index in [1.165, 1.54) is 10.7 Å². The van der Waals surface area contributed by atoms with Crippen LogP contribution in [-0.4, -0.2) is 11.5 Å². The van der Waals surface area contributed by atoms with Crippen molar-refractivity contribution in [2.24, 2.45) is 0 Å². The van der Waals surface area contributed by atoms with Crippen LogP contribution < -0.4 is 5.32 Å². The molecule has 0 bridgehead atoms. The molecule has 0 amide bonds. The molecular weight excluding hydrogens is 156 g/mol. The molecule has 1 N–H and O–H groups in total. The third kappa shape index (κ3) is 2.60. The zero-order valence-corrected chi connectivity index (χ0v) is 7.87. The number of thiazole rings is 1. The summed E-state index contributed by atoms with van der Waals surface area (Å²) in [5, 5.41) is 6.58. The average molecular weight is 170 g/mol. The summed E-state index contributed by atoms with van der Waals surface area (Å²) >= 11 is 1.74. The van der Waals surface area contributed by atoms with Crippen molar-refractivity contribution < 1.29 is 0 Å². The fraction of sp³-hybridized carbons (Fsp3) is 0.625. The molecule has 62 valence electrons. The first-order valence-corrected chi connectivity index (χ1v) is 4.88. The van der Waals surface area contributed by atoms with Gasteiger partial charge in [-0.1, -0.05) is 13.8 Å². The van der Waals surface area contributed by atoms with Crippen molar-refractivity contribution in [3.8, 4) is 0 Å². The Morgan fingerprint density at radius 3 is 2.91 bits per heavy atom. The Labute approximate surface area is 71.7 Å². The van der Waals surface area contributed by atoms with E-state index in [4.69, 9.17) is 0 Å². The first-order valence-electron chi connectivity index (χ1n) is 4.00. The van der Waals surface area contributed by atoms with Gasteiger partial charge in [-0.25, -0.2) is 4.98 Å². The number of nitrogens with one attached hydrogen (secondary N) is 1. The standard InChI is InChI=1S/C8H14N2S/c1-3-7-6-11-8(10-7)5-9-4-2/h6,9H,3-5H2,1-2H3. The van der Waals surface area contributed by atoms with Crippen LogP contribution in [0.4, 0.5) is 0 Å². The third-order valence-electron chi connectivity index (χ3n) is 1.49. The molecular formula is C8H14N2S. The van der Waals surface area contributed by atoms with E-state index in [0.29, 0.717) is 0 Å². The lowest BCUT2D eigenvalue weighted by atomic mass is 10.4. The first-order chi connectivity index (χ1) is 5.36. The predicted octanol–water partition coefficient (Wildman–Crippen LogP) is 1.82. The van der Waals surface area contributed by atoms with Crippen LogP contribution in [0.25, 0.3) is 0 Å². The van der Waals surface area contributed by atoms with Gasteiger partial charge in [0.05, 0.1) is 5.69 Å². The Morgan fingerprint density at radius 1 is 1.55 bits per heavy atom. The van der Waals surface area contributed by atoms with E-state index in [1.54, 1.807) is 11.3 Å². The van der Waals surface area contributed by atoms with Crippen LogP contribution in [0.2, 0.25) is 0 Å². The fourth-order valence-corrected chi connectivity index (χ4v) is 1.67. The number of nitrogens with zero attached hydrogens (tertiary/aromatic N) is 1. The molecule has 11 heavy (non-hydrogen) atoms. The monoisotopic (exact) mass is 170 g/mol. The van der Waals surface area contributed by atoms with Gasteiger partial charge in [0, 0.05) is 11.9 Å². The third-order valence-corrected chi connectivity index (χ3v) is 2.39. The van der Waals surface area contributed by atoms with Crippen LogP contribution in [0.15, 0.2) is 5.38 Å². The van der Waals surface area contributed by atoms with Gasteiger partial charge < -0.3 is 5.32 Å². The van der Waals surface area contributed by atoms with Crippen LogP contribution in [0, 0.1) is 0 Å². The van der Waals surface area contributed by atoms with Gasteiger partial charge in [0.2, 0.25) is 0 Å². The maximum atomic E-state index is 4.42. The van der Waals surface area contributed by atoms with Gasteiger partial charge in [0.25, 0.3) is 0 Å². The molecule has 0 aromatic carbocycles. The van der Waals surface area contributed by atoms with E-state index < -0.39 is 0 Å². The molecule has 0 unspecified atom stereocenters. The van der Waals surface area contributed by atoms with Crippen LogP contribution in [-0.2, 0) is 13.0 Å². The second-order valence-corrected chi connectivity index (χ2v) is 3.31. The van der Waals surface area contributed by atoms with Crippen LogP contribution in [0.5, 0.6) is 0 Å². The summed E-state index contributed by atoms with van der Waals surface area (Å²) in [7, 11) is 0. The van der Waals surface area contributed by atoms with E-state index in [2.05, 4.69) is 29.5 Å². The fourth-order valence-electron chi connectivity index (χ4n) is 0.824. The predicted molar refractivity (Wildman–Crippen MR) is 48.9 cm³/mol. The van der Waals surface area contributed by atoms with Gasteiger partial charge in [-0.3, -0.25) is 0 Å². The van der Waals surface area contributed by atoms with Crippen molar-refractivity contribution in [3.63, 3.8) is 0 Å². The zero-order valence-electron chi connectivity index (χ0n) is 7.05. The van der Waals surface area contributed by atoms with Crippen molar-refractivity contribution in [1.29, 1.82) is 0 Å². The number of hydrogen-bond donors (Lipinski definition) is 1. The molecule has 0 spiro atoms. The maximum absolute atomic E-state index is 4.42. The van der Waals surface area contributed by atoms with Gasteiger partial charge in [0.15, 0.2) is 0 Å². The molecule has 0 fully saturated rings. The number of aromatic nitrogens is 1. The molecule has 0 atom stereocenters. The summed E-state index contributed by atoms with van der Waals surface area (Å²) in [6.45, 7) is 6.17. The van der Waals surface area contributed by atoms with Crippen molar-refractivity contribution in [2.75, 3.05) is 6.54 Å². The van der Waals surface area contributed by atoms with E-state index in [-0.39, 0.29) is 0 Å². The molecule has 0 saturated carbocycles. The normalized spacial score (nSPS) is 10.4. The quantitative estimate of drug-likeness (QED) is 0.745. The largest absolute Gasteiger partial charge is 0.311 e. The van der Waals surface area contributed by atoms with Crippen molar-refractivity contribution in [2.45, 2.75) is 26.8 Å². The van der Waals surface area contributed by atoms with Gasteiger partial charge in [-0.05, 0) is 13.0 Å². The second-order valence-electron chi connectivity index (χ2n) is 2.37. The van der Waals surface area contributed by atoms with Gasteiger partial charge in [0.1, 0.15) is 5.01 Å². The summed E-state index contributed by atoms with van der Waals surface area (Å²) in [6, 6.07) is 0. The summed E-state index contributed by atoms with van der Waals surface area (Å²) in [4.78, 5) is 4.42. The minimum absolute atomic E-state index is 0.918. The van der Waals surface area contributed by atoms with E-state index in [1.807, 2.05) is 0 Å². The minimum Gasteiger partial charge on any atom is -0.311 e. The number of hydrogen-bond acceptors (Lipinski definition) is 3. The first kappa shape index (κ1) is 8.68. The van der Waals surface area contributed by atoms with Crippen molar-refractivity contribution in [3.05, 3.63) is 16.1 Å². The maximum Gasteiger partial charge on any atom is 0.107 e. The van der Waals surface area contributed by atoms with Gasteiger partial charge in [-0.15, -0.1) is 11.3 Å². The number of rotatable bonds is 4. The Morgan fingerprint density at radius 2 is 2.36 bits per heavy atom. The second kappa shape index (κ2) is 4.46. The molecule has 0 aliphatic heterocycles. The molecule has 1 heterocycles. The molecule has 0 radical (unpaired) electrons. The highest BCUT2D eigenvalue weighted by Gasteiger charge is 1.97. The highest BCUT2D eigenvalue weighted by atomic mass is 32.1. The Hall–Kier alpha value is -0.410. The van der Waals surface area contributed by atoms with Gasteiger partial charge >= 0.3 is 0 Å². The lowest BCUT2D eigenvalue weighted by molar-refractivity contribution is 0.720. The SMILES string of the molecule is CCNCc1nc(CC)cs1. The summed E-state index contributed by atoms with van der Waals surface area (Å²) < 4.78 is 0. The summed E-state index contributed by atoms with van der Waals surface area (Å²) in [6.07, 6.45) is 1.04. The van der Waals surface area contributed by atoms with E-state index in [9.17, 15) is 0 Å². The molecule has 2 nitrogen and oxygen atoms in total. The van der Waals surface area contributed by atoms with Crippen LogP contribution in [0.3, 0.4) is 0 Å². The molecule has 3 heteroatoms. The smallest absolute Gasteiger partial charge is 0.107 e. The van der Waals surface area contributed by atoms with Gasteiger partial charge in [-0.2, -0.15) is 0 Å². The Bertz CT molecular complexity index is 208. The number of aryl methyl sites for hydroxylation is 1. The minimum atomic E-state index is 0.918. The molecule has 1 aromatic heterocycles. The molecule has 1 aromatic rings. The van der Waals surface area contributed by atoms with Crippen molar-refractivity contribution >= 4 is 11.3 Å². The lowest BCUT2D eigenvalue weighted by Crippen LogP contribution is -2.11. The Balaban J connectivity index is 2.44. The van der Waals surface area contributed by atoms with E-state index >= 15 is 0 Å². The highest BCUT2D eigenvalue weighted by molar-refractivity contribution is 7.09. The van der Waals surface area contributed by atoms with Crippen LogP contribution >= 0.6 is 11.3 Å². The molecule has 0 aliphatic carbocycles.